The Labute approximate surface area is 229 Å². The number of nitrogens with zero attached hydrogens (tertiary/aromatic N) is 2. The third-order valence-corrected chi connectivity index (χ3v) is 8.46. The summed E-state index contributed by atoms with van der Waals surface area (Å²) in [6, 6.07) is 21.0. The number of sulfone groups is 1. The predicted octanol–water partition coefficient (Wildman–Crippen LogP) is 3.71. The molecule has 0 saturated carbocycles. The van der Waals surface area contributed by atoms with E-state index in [0.717, 1.165) is 16.3 Å². The van der Waals surface area contributed by atoms with Crippen LogP contribution in [0.15, 0.2) is 100 Å². The molecule has 1 unspecified atom stereocenters. The number of nitrogens with one attached hydrogen (secondary N) is 1. The Bertz CT molecular complexity index is 1480. The summed E-state index contributed by atoms with van der Waals surface area (Å²) < 4.78 is 24.7. The molecule has 2 heterocycles. The highest BCUT2D eigenvalue weighted by molar-refractivity contribution is 9.10. The molecule has 8 nitrogen and oxygen atoms in total. The lowest BCUT2D eigenvalue weighted by atomic mass is 9.90. The number of hydrazine groups is 1. The number of fused-ring (bicyclic) bond motifs is 1. The highest BCUT2D eigenvalue weighted by atomic mass is 79.9. The molecule has 2 aliphatic rings. The van der Waals surface area contributed by atoms with Crippen molar-refractivity contribution in [2.75, 3.05) is 11.7 Å². The van der Waals surface area contributed by atoms with Crippen LogP contribution in [0.2, 0.25) is 0 Å². The summed E-state index contributed by atoms with van der Waals surface area (Å²) in [5, 5.41) is 13.0. The number of anilines is 1. The molecule has 2 amide bonds. The molecule has 2 N–H and O–H groups in total. The van der Waals surface area contributed by atoms with E-state index in [1.807, 2.05) is 42.5 Å². The lowest BCUT2D eigenvalue weighted by molar-refractivity contribution is -0.140. The second kappa shape index (κ2) is 10.5. The van der Waals surface area contributed by atoms with E-state index in [-0.39, 0.29) is 23.3 Å². The van der Waals surface area contributed by atoms with Crippen LogP contribution in [0.5, 0.6) is 0 Å². The smallest absolute Gasteiger partial charge is 0.249 e. The van der Waals surface area contributed by atoms with Crippen molar-refractivity contribution < 1.29 is 23.1 Å². The number of hydrogen-bond donors (Lipinski definition) is 2. The van der Waals surface area contributed by atoms with Crippen molar-refractivity contribution in [1.29, 1.82) is 0 Å². The van der Waals surface area contributed by atoms with Gasteiger partial charge in [0.2, 0.25) is 11.8 Å². The summed E-state index contributed by atoms with van der Waals surface area (Å²) in [4.78, 5) is 28.5. The van der Waals surface area contributed by atoms with Crippen LogP contribution in [0, 0.1) is 5.92 Å². The minimum absolute atomic E-state index is 0.149. The molecule has 0 spiro atoms. The van der Waals surface area contributed by atoms with Gasteiger partial charge in [0.15, 0.2) is 9.84 Å². The quantitative estimate of drug-likeness (QED) is 0.317. The minimum atomic E-state index is -3.39. The van der Waals surface area contributed by atoms with Gasteiger partial charge in [0.05, 0.1) is 29.5 Å². The first kappa shape index (κ1) is 26.3. The summed E-state index contributed by atoms with van der Waals surface area (Å²) in [5.41, 5.74) is 5.18. The van der Waals surface area contributed by atoms with Gasteiger partial charge in [-0.05, 0) is 47.5 Å². The van der Waals surface area contributed by atoms with E-state index in [9.17, 15) is 23.1 Å². The lowest BCUT2D eigenvalue weighted by Crippen LogP contribution is -2.55. The first-order valence-electron chi connectivity index (χ1n) is 12.0. The van der Waals surface area contributed by atoms with Crippen molar-refractivity contribution in [3.8, 4) is 0 Å². The van der Waals surface area contributed by atoms with Crippen molar-refractivity contribution in [2.45, 2.75) is 29.6 Å². The van der Waals surface area contributed by atoms with E-state index in [2.05, 4.69) is 21.4 Å². The maximum Gasteiger partial charge on any atom is 0.249 e. The Hall–Kier alpha value is -3.31. The van der Waals surface area contributed by atoms with Crippen LogP contribution in [-0.4, -0.2) is 53.6 Å². The number of carbonyl (C=O) groups is 2. The van der Waals surface area contributed by atoms with Gasteiger partial charge in [-0.1, -0.05) is 70.5 Å². The third kappa shape index (κ3) is 5.17. The number of aliphatic hydroxyl groups is 1. The summed E-state index contributed by atoms with van der Waals surface area (Å²) in [6.07, 6.45) is 3.55. The van der Waals surface area contributed by atoms with E-state index in [1.54, 1.807) is 41.4 Å². The fourth-order valence-corrected chi connectivity index (χ4v) is 5.73. The molecule has 0 aliphatic carbocycles. The molecule has 196 valence electrons. The summed E-state index contributed by atoms with van der Waals surface area (Å²) in [6.45, 7) is 0.149. The highest BCUT2D eigenvalue weighted by Gasteiger charge is 2.53. The molecule has 0 bridgehead atoms. The number of aliphatic hydroxyl groups excluding tert-OH is 1. The van der Waals surface area contributed by atoms with Crippen molar-refractivity contribution in [1.82, 2.24) is 9.91 Å². The van der Waals surface area contributed by atoms with E-state index >= 15 is 0 Å². The molecule has 3 aromatic rings. The van der Waals surface area contributed by atoms with Gasteiger partial charge in [0.1, 0.15) is 6.04 Å². The summed E-state index contributed by atoms with van der Waals surface area (Å²) in [7, 11) is -3.39. The van der Waals surface area contributed by atoms with E-state index in [0.29, 0.717) is 11.3 Å². The van der Waals surface area contributed by atoms with E-state index in [4.69, 9.17) is 0 Å². The van der Waals surface area contributed by atoms with Gasteiger partial charge < -0.3 is 10.5 Å². The monoisotopic (exact) mass is 595 g/mol. The van der Waals surface area contributed by atoms with Crippen molar-refractivity contribution in [3.05, 3.63) is 107 Å². The molecular weight excluding hydrogens is 570 g/mol. The van der Waals surface area contributed by atoms with Gasteiger partial charge in [-0.15, -0.1) is 0 Å². The predicted molar refractivity (Wildman–Crippen MR) is 146 cm³/mol. The fraction of sp³-hybridized carbons (Fsp3) is 0.214. The zero-order valence-corrected chi connectivity index (χ0v) is 22.8. The molecule has 1 saturated heterocycles. The number of likely N-dealkylation sites (tertiary alicyclic amines) is 1. The Balaban J connectivity index is 1.50. The van der Waals surface area contributed by atoms with Crippen molar-refractivity contribution in [2.24, 2.45) is 5.92 Å². The van der Waals surface area contributed by atoms with Crippen molar-refractivity contribution >= 4 is 43.3 Å². The topological polar surface area (TPSA) is 107 Å². The number of rotatable bonds is 7. The Morgan fingerprint density at radius 3 is 2.21 bits per heavy atom. The number of halogens is 1. The van der Waals surface area contributed by atoms with Gasteiger partial charge in [-0.2, -0.15) is 0 Å². The third-order valence-electron chi connectivity index (χ3n) is 6.81. The molecule has 3 aromatic carbocycles. The molecular formula is C28H26BrN3O5S. The maximum absolute atomic E-state index is 13.7. The van der Waals surface area contributed by atoms with E-state index < -0.39 is 33.9 Å². The largest absolute Gasteiger partial charge is 0.386 e. The average Bonchev–Trinajstić information content (AvgIpc) is 3.14. The highest BCUT2D eigenvalue weighted by Crippen LogP contribution is 2.37. The van der Waals surface area contributed by atoms with Gasteiger partial charge in [-0.3, -0.25) is 14.5 Å². The van der Waals surface area contributed by atoms with Gasteiger partial charge in [0.25, 0.3) is 0 Å². The molecule has 2 aliphatic heterocycles. The summed E-state index contributed by atoms with van der Waals surface area (Å²) >= 11 is 3.40. The van der Waals surface area contributed by atoms with Crippen LogP contribution in [0.4, 0.5) is 5.69 Å². The van der Waals surface area contributed by atoms with E-state index in [1.165, 1.54) is 17.0 Å². The van der Waals surface area contributed by atoms with Crippen LogP contribution in [0.1, 0.15) is 17.2 Å². The van der Waals surface area contributed by atoms with Gasteiger partial charge in [-0.25, -0.2) is 13.4 Å². The maximum atomic E-state index is 13.7. The summed E-state index contributed by atoms with van der Waals surface area (Å²) in [5.74, 6) is -1.42. The van der Waals surface area contributed by atoms with Crippen LogP contribution >= 0.6 is 15.9 Å². The van der Waals surface area contributed by atoms with Crippen LogP contribution in [0.25, 0.3) is 0 Å². The minimum Gasteiger partial charge on any atom is -0.386 e. The molecule has 0 aromatic heterocycles. The molecule has 10 heteroatoms. The molecule has 38 heavy (non-hydrogen) atoms. The lowest BCUT2D eigenvalue weighted by Gasteiger charge is -2.40. The first-order chi connectivity index (χ1) is 18.1. The zero-order valence-electron chi connectivity index (χ0n) is 20.4. The number of hydrogen-bond acceptors (Lipinski definition) is 7. The second-order valence-electron chi connectivity index (χ2n) is 9.41. The van der Waals surface area contributed by atoms with Crippen LogP contribution < -0.4 is 5.43 Å². The molecule has 0 radical (unpaired) electrons. The first-order valence-corrected chi connectivity index (χ1v) is 14.7. The standard InChI is InChI=1S/C28H26BrN3O5S/c1-38(36,37)22-13-11-21(12-14-22)30-32-24(26(33)19-7-9-20(29)10-8-19)16-15-23-25(32)28(35)31(27(23)34)17-18-5-3-2-4-6-18/h2-16,23-26,30,33H,17H2,1H3/t23-,24-,25?,26-/m1/s1. The average molecular weight is 597 g/mol. The zero-order chi connectivity index (χ0) is 27.0. The Kier molecular flexibility index (Phi) is 7.23. The Morgan fingerprint density at radius 1 is 0.921 bits per heavy atom. The van der Waals surface area contributed by atoms with Gasteiger partial charge >= 0.3 is 0 Å². The van der Waals surface area contributed by atoms with Gasteiger partial charge in [0, 0.05) is 16.4 Å². The fourth-order valence-electron chi connectivity index (χ4n) is 4.83. The number of imide groups is 1. The van der Waals surface area contributed by atoms with Crippen LogP contribution in [-0.2, 0) is 26.0 Å². The second-order valence-corrected chi connectivity index (χ2v) is 12.3. The van der Waals surface area contributed by atoms with Crippen LogP contribution in [0.3, 0.4) is 0 Å². The SMILES string of the molecule is CS(=O)(=O)c1ccc(NN2C3C(=O)N(Cc4ccccc4)C(=O)[C@@H]3C=C[C@@H]2[C@H](O)c2ccc(Br)cc2)cc1. The number of amides is 2. The number of benzene rings is 3. The van der Waals surface area contributed by atoms with Crippen molar-refractivity contribution in [3.63, 3.8) is 0 Å². The Morgan fingerprint density at radius 2 is 1.58 bits per heavy atom. The number of carbonyl (C=O) groups excluding carboxylic acids is 2. The molecule has 1 fully saturated rings. The molecule has 4 atom stereocenters. The molecule has 5 rings (SSSR count). The normalized spacial score (nSPS) is 22.4.